The number of nitrogens with one attached hydrogen (secondary N) is 2. The molecule has 0 aliphatic carbocycles. The number of hydrogen-bond acceptors (Lipinski definition) is 12. The number of thiazole rings is 1. The Hall–Kier alpha value is -4.19. The summed E-state index contributed by atoms with van der Waals surface area (Å²) >= 11 is 2.99. The SMILES string of the molecule is CC(C)(C)c1cnc(CSc2cnc(NC(=O)N3CCN(C4CCN(Cc5cc6c(cc5F)C(=O)N(C5CCC(=O)NC5=O)C6=O)CC4)CC3)s2)o1. The summed E-state index contributed by atoms with van der Waals surface area (Å²) < 4.78 is 22.1. The third-order valence-electron chi connectivity index (χ3n) is 10.0. The molecule has 0 radical (unpaired) electrons. The largest absolute Gasteiger partial charge is 0.444 e. The van der Waals surface area contributed by atoms with E-state index in [1.165, 1.54) is 17.4 Å². The Bertz CT molecular complexity index is 1890. The van der Waals surface area contributed by atoms with E-state index in [-0.39, 0.29) is 42.0 Å². The minimum atomic E-state index is -1.10. The summed E-state index contributed by atoms with van der Waals surface area (Å²) in [4.78, 5) is 79.2. The van der Waals surface area contributed by atoms with Gasteiger partial charge in [-0.15, -0.1) is 11.8 Å². The maximum atomic E-state index is 15.2. The molecular weight excluding hydrogens is 712 g/mol. The van der Waals surface area contributed by atoms with E-state index in [1.54, 1.807) is 24.2 Å². The van der Waals surface area contributed by atoms with Gasteiger partial charge in [0.05, 0.1) is 33.5 Å². The highest BCUT2D eigenvalue weighted by molar-refractivity contribution is 8.00. The molecule has 2 N–H and O–H groups in total. The zero-order chi connectivity index (χ0) is 36.7. The Morgan fingerprint density at radius 1 is 1.00 bits per heavy atom. The van der Waals surface area contributed by atoms with E-state index in [0.29, 0.717) is 41.5 Å². The fourth-order valence-corrected chi connectivity index (χ4v) is 8.76. The van der Waals surface area contributed by atoms with Gasteiger partial charge in [0.1, 0.15) is 17.6 Å². The number of likely N-dealkylation sites (tertiary alicyclic amines) is 1. The molecule has 3 aromatic rings. The topological polar surface area (TPSA) is 161 Å². The molecule has 0 bridgehead atoms. The molecule has 0 saturated carbocycles. The first-order valence-electron chi connectivity index (χ1n) is 17.4. The minimum absolute atomic E-state index is 0.0177. The van der Waals surface area contributed by atoms with Crippen molar-refractivity contribution in [2.24, 2.45) is 0 Å². The van der Waals surface area contributed by atoms with Crippen LogP contribution >= 0.6 is 23.1 Å². The average molecular weight is 753 g/mol. The molecule has 4 aliphatic heterocycles. The number of hydrogen-bond donors (Lipinski definition) is 2. The van der Waals surface area contributed by atoms with Crippen molar-refractivity contribution in [3.63, 3.8) is 0 Å². The number of nitrogens with zero attached hydrogens (tertiary/aromatic N) is 6. The number of anilines is 1. The molecule has 1 unspecified atom stereocenters. The van der Waals surface area contributed by atoms with Gasteiger partial charge < -0.3 is 9.32 Å². The van der Waals surface area contributed by atoms with E-state index < -0.39 is 35.5 Å². The van der Waals surface area contributed by atoms with Crippen LogP contribution < -0.4 is 10.6 Å². The van der Waals surface area contributed by atoms with Gasteiger partial charge in [-0.25, -0.2) is 19.2 Å². The maximum Gasteiger partial charge on any atom is 0.323 e. The Kier molecular flexibility index (Phi) is 10.2. The van der Waals surface area contributed by atoms with Crippen molar-refractivity contribution in [2.75, 3.05) is 44.6 Å². The molecule has 6 amide bonds. The Labute approximate surface area is 308 Å². The molecule has 3 saturated heterocycles. The van der Waals surface area contributed by atoms with Crippen LogP contribution in [-0.2, 0) is 27.3 Å². The van der Waals surface area contributed by atoms with E-state index in [9.17, 15) is 24.0 Å². The second-order valence-corrected chi connectivity index (χ2v) is 16.8. The lowest BCUT2D eigenvalue weighted by Gasteiger charge is -2.42. The van der Waals surface area contributed by atoms with Crippen molar-refractivity contribution in [2.45, 2.75) is 80.5 Å². The third-order valence-corrected chi connectivity index (χ3v) is 12.1. The first-order valence-corrected chi connectivity index (χ1v) is 19.2. The predicted molar refractivity (Wildman–Crippen MR) is 190 cm³/mol. The minimum Gasteiger partial charge on any atom is -0.444 e. The maximum absolute atomic E-state index is 15.2. The fraction of sp³-hybridized carbons (Fsp3) is 0.514. The molecule has 52 heavy (non-hydrogen) atoms. The van der Waals surface area contributed by atoms with E-state index in [1.807, 2.05) is 4.90 Å². The summed E-state index contributed by atoms with van der Waals surface area (Å²) in [6.07, 6.45) is 5.34. The molecule has 3 fully saturated rings. The normalized spacial score (nSPS) is 20.8. The number of rotatable bonds is 8. The number of fused-ring (bicyclic) bond motifs is 1. The lowest BCUT2D eigenvalue weighted by Crippen LogP contribution is -2.54. The summed E-state index contributed by atoms with van der Waals surface area (Å²) in [5, 5.41) is 5.66. The van der Waals surface area contributed by atoms with E-state index >= 15 is 4.39 Å². The third kappa shape index (κ3) is 7.63. The number of carbonyl (C=O) groups excluding carboxylic acids is 5. The number of halogens is 1. The van der Waals surface area contributed by atoms with E-state index in [0.717, 1.165) is 60.0 Å². The first kappa shape index (κ1) is 36.2. The number of oxazole rings is 1. The Morgan fingerprint density at radius 2 is 1.71 bits per heavy atom. The molecule has 4 aliphatic rings. The van der Waals surface area contributed by atoms with Crippen molar-refractivity contribution < 1.29 is 32.8 Å². The van der Waals surface area contributed by atoms with Crippen LogP contribution in [0.4, 0.5) is 14.3 Å². The van der Waals surface area contributed by atoms with Gasteiger partial charge >= 0.3 is 6.03 Å². The Morgan fingerprint density at radius 3 is 2.38 bits per heavy atom. The van der Waals surface area contributed by atoms with Gasteiger partial charge in [-0.2, -0.15) is 0 Å². The van der Waals surface area contributed by atoms with Crippen molar-refractivity contribution in [3.8, 4) is 0 Å². The van der Waals surface area contributed by atoms with Crippen LogP contribution in [0.15, 0.2) is 33.2 Å². The van der Waals surface area contributed by atoms with Crippen molar-refractivity contribution in [1.82, 2.24) is 34.9 Å². The molecule has 1 aromatic carbocycles. The number of carbonyl (C=O) groups is 5. The highest BCUT2D eigenvalue weighted by atomic mass is 32.2. The number of urea groups is 1. The molecule has 6 heterocycles. The first-order chi connectivity index (χ1) is 24.8. The Balaban J connectivity index is 0.854. The van der Waals surface area contributed by atoms with Crippen LogP contribution in [0.1, 0.15) is 84.4 Å². The molecule has 14 nitrogen and oxygen atoms in total. The highest BCUT2D eigenvalue weighted by Crippen LogP contribution is 2.33. The van der Waals surface area contributed by atoms with Gasteiger partial charge in [-0.3, -0.25) is 44.5 Å². The average Bonchev–Trinajstić information content (AvgIpc) is 3.84. The van der Waals surface area contributed by atoms with Gasteiger partial charge in [0.2, 0.25) is 17.7 Å². The number of aromatic nitrogens is 2. The van der Waals surface area contributed by atoms with Gasteiger partial charge in [-0.1, -0.05) is 32.1 Å². The standard InChI is InChI=1S/C35H41FN8O6S2/c1-35(2,3)26-16-37-28(50-26)19-51-29-17-38-33(52-29)40-34(49)43-12-10-42(11-13-43)21-6-8-41(9-7-21)18-20-14-22-23(15-24(20)36)32(48)44(31(22)47)25-4-5-27(45)39-30(25)46/h14-17,21,25H,4-13,18-19H2,1-3H3,(H,38,40,49)(H,39,45,46). The molecule has 7 rings (SSSR count). The number of piperazine rings is 1. The molecule has 17 heteroatoms. The quantitative estimate of drug-likeness (QED) is 0.252. The zero-order valence-electron chi connectivity index (χ0n) is 29.3. The number of benzene rings is 1. The molecule has 0 spiro atoms. The molecule has 276 valence electrons. The predicted octanol–water partition coefficient (Wildman–Crippen LogP) is 4.08. The van der Waals surface area contributed by atoms with Gasteiger partial charge in [0.15, 0.2) is 5.13 Å². The van der Waals surface area contributed by atoms with Crippen LogP contribution in [0, 0.1) is 5.82 Å². The monoisotopic (exact) mass is 752 g/mol. The van der Waals surface area contributed by atoms with Gasteiger partial charge in [0.25, 0.3) is 11.8 Å². The number of thioether (sulfide) groups is 1. The highest BCUT2D eigenvalue weighted by Gasteiger charge is 2.45. The lowest BCUT2D eigenvalue weighted by molar-refractivity contribution is -0.136. The van der Waals surface area contributed by atoms with E-state index in [2.05, 4.69) is 51.2 Å². The second-order valence-electron chi connectivity index (χ2n) is 14.5. The van der Waals surface area contributed by atoms with Gasteiger partial charge in [0, 0.05) is 56.2 Å². The van der Waals surface area contributed by atoms with Crippen LogP contribution in [0.5, 0.6) is 0 Å². The van der Waals surface area contributed by atoms with Gasteiger partial charge in [-0.05, 0) is 44.5 Å². The summed E-state index contributed by atoms with van der Waals surface area (Å²) in [6.45, 7) is 10.7. The van der Waals surface area contributed by atoms with Crippen molar-refractivity contribution >= 4 is 57.9 Å². The van der Waals surface area contributed by atoms with Crippen LogP contribution in [-0.4, -0.2) is 111 Å². The fourth-order valence-electron chi connectivity index (χ4n) is 7.04. The number of imide groups is 2. The summed E-state index contributed by atoms with van der Waals surface area (Å²) in [6, 6.07) is 1.60. The van der Waals surface area contributed by atoms with Crippen LogP contribution in [0.3, 0.4) is 0 Å². The van der Waals surface area contributed by atoms with Crippen LogP contribution in [0.2, 0.25) is 0 Å². The van der Waals surface area contributed by atoms with Crippen molar-refractivity contribution in [3.05, 3.63) is 58.7 Å². The summed E-state index contributed by atoms with van der Waals surface area (Å²) in [5.41, 5.74) is 0.232. The summed E-state index contributed by atoms with van der Waals surface area (Å²) in [7, 11) is 0. The molecule has 2 aromatic heterocycles. The van der Waals surface area contributed by atoms with E-state index in [4.69, 9.17) is 4.42 Å². The second kappa shape index (κ2) is 14.7. The molecule has 1 atom stereocenters. The van der Waals surface area contributed by atoms with Crippen LogP contribution in [0.25, 0.3) is 0 Å². The smallest absolute Gasteiger partial charge is 0.323 e. The summed E-state index contributed by atoms with van der Waals surface area (Å²) in [5.74, 6) is -1.02. The molecular formula is C35H41FN8O6S2. The zero-order valence-corrected chi connectivity index (χ0v) is 30.9. The lowest BCUT2D eigenvalue weighted by atomic mass is 9.94. The number of amides is 6. The van der Waals surface area contributed by atoms with Crippen molar-refractivity contribution in [1.29, 1.82) is 0 Å². The number of piperidine rings is 2.